The Labute approximate surface area is 242 Å². The minimum Gasteiger partial charge on any atom is -0.457 e. The maximum Gasteiger partial charge on any atom is 0.243 e. The number of aromatic nitrogens is 4. The van der Waals surface area contributed by atoms with Gasteiger partial charge >= 0.3 is 0 Å². The number of halogens is 1. The van der Waals surface area contributed by atoms with E-state index < -0.39 is 5.82 Å². The molecule has 2 unspecified atom stereocenters. The van der Waals surface area contributed by atoms with Crippen LogP contribution in [-0.4, -0.2) is 52.0 Å². The molecule has 2 aromatic heterocycles. The third-order valence-electron chi connectivity index (χ3n) is 7.02. The first-order valence-corrected chi connectivity index (χ1v) is 13.4. The third-order valence-corrected chi connectivity index (χ3v) is 7.02. The lowest BCUT2D eigenvalue weighted by Crippen LogP contribution is -2.50. The predicted octanol–water partition coefficient (Wildman–Crippen LogP) is 5.62. The molecule has 1 amide bonds. The van der Waals surface area contributed by atoms with Crippen molar-refractivity contribution in [3.05, 3.63) is 66.9 Å². The van der Waals surface area contributed by atoms with Crippen molar-refractivity contribution < 1.29 is 13.9 Å². The largest absolute Gasteiger partial charge is 0.457 e. The van der Waals surface area contributed by atoms with Crippen LogP contribution in [0.3, 0.4) is 0 Å². The van der Waals surface area contributed by atoms with Gasteiger partial charge in [-0.25, -0.2) is 29.9 Å². The third kappa shape index (κ3) is 5.94. The average molecular weight is 571 g/mol. The molecule has 4 N–H and O–H groups in total. The zero-order chi connectivity index (χ0) is 29.8. The van der Waals surface area contributed by atoms with Crippen molar-refractivity contribution in [3.8, 4) is 11.5 Å². The van der Waals surface area contributed by atoms with Crippen LogP contribution in [0.5, 0.6) is 11.5 Å². The molecule has 42 heavy (non-hydrogen) atoms. The van der Waals surface area contributed by atoms with Crippen LogP contribution in [0.25, 0.3) is 11.0 Å². The standard InChI is InChI=1S/C29H31FN10O2/c1-5-25(41)36-18-10-16(2)13-40(14-18)29-33-12-23-27(38-29)28(35-15-34-23)37-21-8-9-24(17(3)26(21)30)42-19-6-7-20(32-4)22(11-19)39-31/h5-9,11-12,15-16,18,31-32H,1,10,13-14H2,2-4H3,(H,36,41)(H,34,35,37). The van der Waals surface area contributed by atoms with E-state index in [0.717, 1.165) is 6.42 Å². The van der Waals surface area contributed by atoms with Crippen LogP contribution in [0, 0.1) is 24.2 Å². The van der Waals surface area contributed by atoms with E-state index in [0.29, 0.717) is 64.7 Å². The Morgan fingerprint density at radius 1 is 1.21 bits per heavy atom. The molecule has 0 spiro atoms. The van der Waals surface area contributed by atoms with E-state index in [4.69, 9.17) is 15.3 Å². The number of piperidine rings is 1. The van der Waals surface area contributed by atoms with Crippen LogP contribution < -0.4 is 25.6 Å². The minimum absolute atomic E-state index is 0.0739. The second-order valence-electron chi connectivity index (χ2n) is 10.1. The van der Waals surface area contributed by atoms with Crippen molar-refractivity contribution in [2.45, 2.75) is 26.3 Å². The van der Waals surface area contributed by atoms with Gasteiger partial charge in [-0.2, -0.15) is 5.11 Å². The molecule has 216 valence electrons. The molecule has 13 heteroatoms. The van der Waals surface area contributed by atoms with E-state index in [1.54, 1.807) is 50.5 Å². The second-order valence-corrected chi connectivity index (χ2v) is 10.1. The number of amides is 1. The molecule has 0 radical (unpaired) electrons. The molecular formula is C29H31FN10O2. The number of ether oxygens (including phenoxy) is 1. The van der Waals surface area contributed by atoms with Crippen molar-refractivity contribution in [2.75, 3.05) is 35.7 Å². The van der Waals surface area contributed by atoms with Gasteiger partial charge in [0.1, 0.15) is 34.5 Å². The van der Waals surface area contributed by atoms with Gasteiger partial charge in [0, 0.05) is 37.8 Å². The Bertz CT molecular complexity index is 1660. The van der Waals surface area contributed by atoms with Gasteiger partial charge in [0.2, 0.25) is 11.9 Å². The summed E-state index contributed by atoms with van der Waals surface area (Å²) in [6.45, 7) is 8.51. The fraction of sp³-hybridized carbons (Fsp3) is 0.276. The first kappa shape index (κ1) is 28.3. The fourth-order valence-corrected chi connectivity index (χ4v) is 4.98. The van der Waals surface area contributed by atoms with Crippen molar-refractivity contribution in [1.29, 1.82) is 5.53 Å². The Morgan fingerprint density at radius 3 is 2.79 bits per heavy atom. The van der Waals surface area contributed by atoms with Crippen LogP contribution in [0.15, 0.2) is 60.6 Å². The van der Waals surface area contributed by atoms with E-state index >= 15 is 4.39 Å². The quantitative estimate of drug-likeness (QED) is 0.148. The number of fused-ring (bicyclic) bond motifs is 1. The lowest BCUT2D eigenvalue weighted by Gasteiger charge is -2.36. The number of anilines is 4. The van der Waals surface area contributed by atoms with Gasteiger partial charge in [-0.05, 0) is 49.6 Å². The second kappa shape index (κ2) is 12.1. The normalized spacial score (nSPS) is 16.5. The molecule has 0 saturated carbocycles. The van der Waals surface area contributed by atoms with Crippen molar-refractivity contribution in [3.63, 3.8) is 0 Å². The smallest absolute Gasteiger partial charge is 0.243 e. The monoisotopic (exact) mass is 570 g/mol. The number of nitrogens with zero attached hydrogens (tertiary/aromatic N) is 6. The molecule has 1 saturated heterocycles. The number of rotatable bonds is 9. The summed E-state index contributed by atoms with van der Waals surface area (Å²) < 4.78 is 21.5. The molecule has 4 aromatic rings. The summed E-state index contributed by atoms with van der Waals surface area (Å²) in [5, 5.41) is 12.5. The van der Waals surface area contributed by atoms with Crippen molar-refractivity contribution in [2.24, 2.45) is 11.0 Å². The number of nitrogens with one attached hydrogen (secondary N) is 4. The van der Waals surface area contributed by atoms with Crippen molar-refractivity contribution >= 4 is 45.8 Å². The maximum atomic E-state index is 15.6. The van der Waals surface area contributed by atoms with E-state index in [2.05, 4.69) is 49.5 Å². The van der Waals surface area contributed by atoms with Crippen LogP contribution in [-0.2, 0) is 4.79 Å². The molecule has 0 bridgehead atoms. The lowest BCUT2D eigenvalue weighted by atomic mass is 9.96. The first-order chi connectivity index (χ1) is 20.3. The van der Waals surface area contributed by atoms with Crippen LogP contribution in [0.4, 0.5) is 33.2 Å². The summed E-state index contributed by atoms with van der Waals surface area (Å²) in [6, 6.07) is 8.20. The zero-order valence-corrected chi connectivity index (χ0v) is 23.5. The molecule has 5 rings (SSSR count). The number of benzene rings is 2. The maximum absolute atomic E-state index is 15.6. The molecule has 2 aromatic carbocycles. The van der Waals surface area contributed by atoms with Gasteiger partial charge in [0.25, 0.3) is 0 Å². The Kier molecular flexibility index (Phi) is 8.18. The van der Waals surface area contributed by atoms with Gasteiger partial charge in [0.05, 0.1) is 17.6 Å². The number of hydrogen-bond acceptors (Lipinski definition) is 11. The SMILES string of the molecule is C=CC(=O)NC1CC(C)CN(c2ncc3ncnc(Nc4ccc(Oc5ccc(NC)c(N=N)c5)c(C)c4F)c3n2)C1. The summed E-state index contributed by atoms with van der Waals surface area (Å²) in [7, 11) is 1.74. The number of carbonyl (C=O) groups excluding carboxylic acids is 1. The topological polar surface area (TPSA) is 153 Å². The highest BCUT2D eigenvalue weighted by Gasteiger charge is 2.27. The highest BCUT2D eigenvalue weighted by molar-refractivity contribution is 5.88. The van der Waals surface area contributed by atoms with E-state index in [-0.39, 0.29) is 23.2 Å². The van der Waals surface area contributed by atoms with Gasteiger partial charge in [0.15, 0.2) is 11.6 Å². The van der Waals surface area contributed by atoms with Crippen LogP contribution >= 0.6 is 0 Å². The fourth-order valence-electron chi connectivity index (χ4n) is 4.98. The number of hydrogen-bond donors (Lipinski definition) is 4. The zero-order valence-electron chi connectivity index (χ0n) is 23.5. The van der Waals surface area contributed by atoms with Crippen molar-refractivity contribution in [1.82, 2.24) is 25.3 Å². The molecule has 1 fully saturated rings. The highest BCUT2D eigenvalue weighted by Crippen LogP contribution is 2.36. The Hall–Kier alpha value is -5.20. The Morgan fingerprint density at radius 2 is 2.02 bits per heavy atom. The summed E-state index contributed by atoms with van der Waals surface area (Å²) in [5.74, 6) is 1.09. The highest BCUT2D eigenvalue weighted by atomic mass is 19.1. The predicted molar refractivity (Wildman–Crippen MR) is 159 cm³/mol. The van der Waals surface area contributed by atoms with E-state index in [1.807, 2.05) is 4.90 Å². The van der Waals surface area contributed by atoms with Gasteiger partial charge in [-0.3, -0.25) is 4.79 Å². The van der Waals surface area contributed by atoms with E-state index in [9.17, 15) is 4.79 Å². The number of carbonyl (C=O) groups is 1. The van der Waals surface area contributed by atoms with Gasteiger partial charge in [-0.1, -0.05) is 13.5 Å². The Balaban J connectivity index is 1.40. The molecule has 1 aliphatic rings. The molecule has 1 aliphatic heterocycles. The molecule has 0 aliphatic carbocycles. The molecule has 12 nitrogen and oxygen atoms in total. The first-order valence-electron chi connectivity index (χ1n) is 13.4. The summed E-state index contributed by atoms with van der Waals surface area (Å²) in [4.78, 5) is 31.7. The van der Waals surface area contributed by atoms with Gasteiger partial charge in [-0.15, -0.1) is 0 Å². The van der Waals surface area contributed by atoms with E-state index in [1.165, 1.54) is 12.4 Å². The summed E-state index contributed by atoms with van der Waals surface area (Å²) in [5.41, 5.74) is 9.85. The molecule has 3 heterocycles. The van der Waals surface area contributed by atoms with Crippen LogP contribution in [0.1, 0.15) is 18.9 Å². The molecular weight excluding hydrogens is 539 g/mol. The molecule has 2 atom stereocenters. The lowest BCUT2D eigenvalue weighted by molar-refractivity contribution is -0.117. The van der Waals surface area contributed by atoms with Crippen LogP contribution in [0.2, 0.25) is 0 Å². The summed E-state index contributed by atoms with van der Waals surface area (Å²) >= 11 is 0. The van der Waals surface area contributed by atoms with Gasteiger partial charge < -0.3 is 25.6 Å². The summed E-state index contributed by atoms with van der Waals surface area (Å²) in [6.07, 6.45) is 5.07. The average Bonchev–Trinajstić information content (AvgIpc) is 3.00. The minimum atomic E-state index is -0.517.